The first-order chi connectivity index (χ1) is 5.75. The molecular weight excluding hydrogens is 222 g/mol. The second kappa shape index (κ2) is 2.75. The van der Waals surface area contributed by atoms with E-state index in [0.717, 1.165) is 10.2 Å². The van der Waals surface area contributed by atoms with Crippen LogP contribution in [0.4, 0.5) is 0 Å². The lowest BCUT2D eigenvalue weighted by atomic mass is 10.4. The molecule has 2 heterocycles. The molecule has 0 saturated heterocycles. The molecule has 0 aliphatic carbocycles. The minimum absolute atomic E-state index is 0.512. The fourth-order valence-electron chi connectivity index (χ4n) is 0.897. The Labute approximate surface area is 77.1 Å². The van der Waals surface area contributed by atoms with Gasteiger partial charge in [-0.15, -0.1) is 10.2 Å². The van der Waals surface area contributed by atoms with Crippen molar-refractivity contribution >= 4 is 15.9 Å². The topological polar surface area (TPSA) is 54.7 Å². The van der Waals surface area contributed by atoms with E-state index in [1.807, 2.05) is 12.3 Å². The minimum Gasteiger partial charge on any atom is -0.420 e. The van der Waals surface area contributed by atoms with Crippen LogP contribution in [0.1, 0.15) is 5.89 Å². The van der Waals surface area contributed by atoms with Gasteiger partial charge in [0.25, 0.3) is 5.89 Å². The third-order valence-electron chi connectivity index (χ3n) is 1.40. The number of halogens is 1. The molecule has 0 aromatic carbocycles. The Hall–Kier alpha value is -1.10. The van der Waals surface area contributed by atoms with E-state index in [9.17, 15) is 0 Å². The second-order valence-electron chi connectivity index (χ2n) is 2.36. The van der Waals surface area contributed by atoms with Gasteiger partial charge in [-0.05, 0) is 22.0 Å². The highest BCUT2D eigenvalue weighted by Crippen LogP contribution is 2.20. The molecule has 0 spiro atoms. The van der Waals surface area contributed by atoms with Crippen LogP contribution in [0.3, 0.4) is 0 Å². The largest absolute Gasteiger partial charge is 0.420 e. The number of aryl methyl sites for hydroxylation is 1. The van der Waals surface area contributed by atoms with Crippen molar-refractivity contribution in [1.82, 2.24) is 15.2 Å². The Morgan fingerprint density at radius 1 is 1.50 bits per heavy atom. The van der Waals surface area contributed by atoms with E-state index in [1.54, 1.807) is 6.92 Å². The summed E-state index contributed by atoms with van der Waals surface area (Å²) in [5.74, 6) is 1.08. The van der Waals surface area contributed by atoms with E-state index in [2.05, 4.69) is 31.1 Å². The van der Waals surface area contributed by atoms with Crippen molar-refractivity contribution in [3.63, 3.8) is 0 Å². The van der Waals surface area contributed by atoms with Crippen LogP contribution < -0.4 is 0 Å². The highest BCUT2D eigenvalue weighted by molar-refractivity contribution is 9.10. The molecule has 5 heteroatoms. The zero-order valence-electron chi connectivity index (χ0n) is 6.34. The number of nitrogens with one attached hydrogen (secondary N) is 1. The standard InChI is InChI=1S/C7H6BrN3O/c1-4-10-11-7(12-4)6-2-5(8)3-9-6/h2-3,9H,1H3. The lowest BCUT2D eigenvalue weighted by Crippen LogP contribution is -1.75. The first kappa shape index (κ1) is 7.54. The summed E-state index contributed by atoms with van der Waals surface area (Å²) in [6.45, 7) is 1.76. The third kappa shape index (κ3) is 1.27. The Morgan fingerprint density at radius 3 is 2.83 bits per heavy atom. The molecule has 2 aromatic heterocycles. The molecular formula is C7H6BrN3O. The highest BCUT2D eigenvalue weighted by Gasteiger charge is 2.06. The summed E-state index contributed by atoms with van der Waals surface area (Å²) in [6.07, 6.45) is 1.81. The summed E-state index contributed by atoms with van der Waals surface area (Å²) in [7, 11) is 0. The lowest BCUT2D eigenvalue weighted by Gasteiger charge is -1.84. The number of nitrogens with zero attached hydrogens (tertiary/aromatic N) is 2. The first-order valence-corrected chi connectivity index (χ1v) is 4.19. The third-order valence-corrected chi connectivity index (χ3v) is 1.86. The number of rotatable bonds is 1. The molecule has 0 bridgehead atoms. The van der Waals surface area contributed by atoms with Crippen LogP contribution in [0.25, 0.3) is 11.6 Å². The van der Waals surface area contributed by atoms with Gasteiger partial charge in [0, 0.05) is 17.6 Å². The zero-order valence-corrected chi connectivity index (χ0v) is 7.92. The van der Waals surface area contributed by atoms with Gasteiger partial charge in [0.05, 0.1) is 0 Å². The van der Waals surface area contributed by atoms with Crippen LogP contribution in [0, 0.1) is 6.92 Å². The van der Waals surface area contributed by atoms with Gasteiger partial charge in [0.2, 0.25) is 5.89 Å². The highest BCUT2D eigenvalue weighted by atomic mass is 79.9. The van der Waals surface area contributed by atoms with E-state index in [1.165, 1.54) is 0 Å². The molecule has 0 unspecified atom stereocenters. The molecule has 2 rings (SSSR count). The van der Waals surface area contributed by atoms with Gasteiger partial charge in [-0.3, -0.25) is 0 Å². The van der Waals surface area contributed by atoms with Gasteiger partial charge in [0.15, 0.2) is 0 Å². The summed E-state index contributed by atoms with van der Waals surface area (Å²) in [5.41, 5.74) is 0.822. The monoisotopic (exact) mass is 227 g/mol. The van der Waals surface area contributed by atoms with Crippen molar-refractivity contribution in [3.05, 3.63) is 22.6 Å². The Kier molecular flexibility index (Phi) is 1.73. The summed E-state index contributed by atoms with van der Waals surface area (Å²) in [5, 5.41) is 7.58. The van der Waals surface area contributed by atoms with Crippen molar-refractivity contribution in [3.8, 4) is 11.6 Å². The quantitative estimate of drug-likeness (QED) is 0.813. The summed E-state index contributed by atoms with van der Waals surface area (Å²) in [4.78, 5) is 2.99. The van der Waals surface area contributed by atoms with Crippen molar-refractivity contribution in [1.29, 1.82) is 0 Å². The van der Waals surface area contributed by atoms with Crippen LogP contribution in [-0.2, 0) is 0 Å². The molecule has 0 aliphatic heterocycles. The number of aromatic amines is 1. The van der Waals surface area contributed by atoms with Crippen molar-refractivity contribution in [2.24, 2.45) is 0 Å². The molecule has 0 radical (unpaired) electrons. The summed E-state index contributed by atoms with van der Waals surface area (Å²) < 4.78 is 6.17. The van der Waals surface area contributed by atoms with E-state index in [0.29, 0.717) is 11.8 Å². The fourth-order valence-corrected chi connectivity index (χ4v) is 1.24. The van der Waals surface area contributed by atoms with Crippen LogP contribution >= 0.6 is 15.9 Å². The van der Waals surface area contributed by atoms with Crippen LogP contribution in [0.5, 0.6) is 0 Å². The SMILES string of the molecule is Cc1nnc(-c2cc(Br)c[nH]2)o1. The molecule has 2 aromatic rings. The van der Waals surface area contributed by atoms with E-state index in [4.69, 9.17) is 4.42 Å². The Bertz CT molecular complexity index is 355. The van der Waals surface area contributed by atoms with Crippen LogP contribution in [-0.4, -0.2) is 15.2 Å². The van der Waals surface area contributed by atoms with E-state index < -0.39 is 0 Å². The molecule has 12 heavy (non-hydrogen) atoms. The maximum absolute atomic E-state index is 5.21. The number of H-pyrrole nitrogens is 1. The Balaban J connectivity index is 2.43. The molecule has 0 amide bonds. The van der Waals surface area contributed by atoms with Crippen molar-refractivity contribution in [2.75, 3.05) is 0 Å². The van der Waals surface area contributed by atoms with Gasteiger partial charge in [-0.1, -0.05) is 0 Å². The normalized spacial score (nSPS) is 10.5. The maximum Gasteiger partial charge on any atom is 0.264 e. The first-order valence-electron chi connectivity index (χ1n) is 3.40. The maximum atomic E-state index is 5.21. The molecule has 62 valence electrons. The van der Waals surface area contributed by atoms with Gasteiger partial charge in [-0.2, -0.15) is 0 Å². The smallest absolute Gasteiger partial charge is 0.264 e. The van der Waals surface area contributed by atoms with Gasteiger partial charge < -0.3 is 9.40 Å². The second-order valence-corrected chi connectivity index (χ2v) is 3.27. The summed E-state index contributed by atoms with van der Waals surface area (Å²) >= 11 is 3.32. The van der Waals surface area contributed by atoms with Crippen molar-refractivity contribution in [2.45, 2.75) is 6.92 Å². The number of hydrogen-bond acceptors (Lipinski definition) is 3. The molecule has 0 saturated carbocycles. The summed E-state index contributed by atoms with van der Waals surface area (Å²) in [6, 6.07) is 1.88. The lowest BCUT2D eigenvalue weighted by molar-refractivity contribution is 0.531. The zero-order chi connectivity index (χ0) is 8.55. The molecule has 0 aliphatic rings. The van der Waals surface area contributed by atoms with Crippen LogP contribution in [0.15, 0.2) is 21.2 Å². The van der Waals surface area contributed by atoms with Gasteiger partial charge in [0.1, 0.15) is 5.69 Å². The van der Waals surface area contributed by atoms with Gasteiger partial charge in [-0.25, -0.2) is 0 Å². The average molecular weight is 228 g/mol. The fraction of sp³-hybridized carbons (Fsp3) is 0.143. The molecule has 0 atom stereocenters. The predicted octanol–water partition coefficient (Wildman–Crippen LogP) is 2.14. The minimum atomic E-state index is 0.512. The predicted molar refractivity (Wildman–Crippen MR) is 46.5 cm³/mol. The average Bonchev–Trinajstić information content (AvgIpc) is 2.58. The number of aromatic nitrogens is 3. The molecule has 0 fully saturated rings. The van der Waals surface area contributed by atoms with Crippen LogP contribution in [0.2, 0.25) is 0 Å². The molecule has 4 nitrogen and oxygen atoms in total. The molecule has 1 N–H and O–H groups in total. The van der Waals surface area contributed by atoms with Gasteiger partial charge >= 0.3 is 0 Å². The number of hydrogen-bond donors (Lipinski definition) is 1. The Morgan fingerprint density at radius 2 is 2.33 bits per heavy atom. The van der Waals surface area contributed by atoms with E-state index >= 15 is 0 Å². The van der Waals surface area contributed by atoms with Crippen molar-refractivity contribution < 1.29 is 4.42 Å². The van der Waals surface area contributed by atoms with E-state index in [-0.39, 0.29) is 0 Å².